The normalized spacial score (nSPS) is 19.9. The second-order valence-electron chi connectivity index (χ2n) is 3.39. The Bertz CT molecular complexity index is 349. The smallest absolute Gasteiger partial charge is 0.304 e. The fourth-order valence-electron chi connectivity index (χ4n) is 1.74. The van der Waals surface area contributed by atoms with Crippen molar-refractivity contribution in [3.63, 3.8) is 0 Å². The maximum absolute atomic E-state index is 10.9. The molecule has 1 N–H and O–H groups in total. The predicted molar refractivity (Wildman–Crippen MR) is 52.7 cm³/mol. The van der Waals surface area contributed by atoms with Gasteiger partial charge in [-0.2, -0.15) is 0 Å². The number of rotatable bonds is 1. The van der Waals surface area contributed by atoms with Crippen LogP contribution in [0.5, 0.6) is 0 Å². The van der Waals surface area contributed by atoms with Gasteiger partial charge in [-0.15, -0.1) is 0 Å². The van der Waals surface area contributed by atoms with Crippen molar-refractivity contribution in [2.75, 3.05) is 6.54 Å². The summed E-state index contributed by atoms with van der Waals surface area (Å²) in [5.74, 6) is -0.251. The Kier molecular flexibility index (Phi) is 2.50. The zero-order valence-corrected chi connectivity index (χ0v) is 8.12. The molecule has 0 amide bonds. The number of carbonyl (C=O) groups excluding carboxylic acids is 1. The van der Waals surface area contributed by atoms with Crippen molar-refractivity contribution in [3.05, 3.63) is 35.4 Å². The third-order valence-electron chi connectivity index (χ3n) is 2.35. The van der Waals surface area contributed by atoms with E-state index >= 15 is 0 Å². The van der Waals surface area contributed by atoms with Gasteiger partial charge >= 0.3 is 5.97 Å². The first-order chi connectivity index (χ1) is 6.77. The van der Waals surface area contributed by atoms with Crippen LogP contribution in [0.15, 0.2) is 24.3 Å². The van der Waals surface area contributed by atoms with Crippen LogP contribution in [0.4, 0.5) is 0 Å². The first-order valence-corrected chi connectivity index (χ1v) is 4.76. The molecule has 3 nitrogen and oxygen atoms in total. The lowest BCUT2D eigenvalue weighted by Gasteiger charge is -2.25. The van der Waals surface area contributed by atoms with E-state index in [0.29, 0.717) is 0 Å². The van der Waals surface area contributed by atoms with Gasteiger partial charge in [0.25, 0.3) is 0 Å². The number of fused-ring (bicyclic) bond motifs is 1. The molecule has 1 atom stereocenters. The highest BCUT2D eigenvalue weighted by Gasteiger charge is 2.20. The van der Waals surface area contributed by atoms with E-state index < -0.39 is 0 Å². The molecule has 0 saturated carbocycles. The van der Waals surface area contributed by atoms with Crippen molar-refractivity contribution in [1.29, 1.82) is 0 Å². The highest BCUT2D eigenvalue weighted by Crippen LogP contribution is 2.23. The molecule has 3 heteroatoms. The summed E-state index contributed by atoms with van der Waals surface area (Å²) < 4.78 is 5.17. The van der Waals surface area contributed by atoms with Crippen molar-refractivity contribution < 1.29 is 9.53 Å². The van der Waals surface area contributed by atoms with E-state index in [0.717, 1.165) is 18.5 Å². The van der Waals surface area contributed by atoms with Crippen LogP contribution < -0.4 is 5.32 Å². The average Bonchev–Trinajstić information content (AvgIpc) is 2.18. The summed E-state index contributed by atoms with van der Waals surface area (Å²) in [6, 6.07) is 8.04. The topological polar surface area (TPSA) is 38.3 Å². The largest absolute Gasteiger partial charge is 0.442 e. The molecule has 74 valence electrons. The Morgan fingerprint density at radius 3 is 3.07 bits per heavy atom. The van der Waals surface area contributed by atoms with Crippen molar-refractivity contribution in [3.8, 4) is 0 Å². The minimum absolute atomic E-state index is 0.251. The number of hydrogen-bond acceptors (Lipinski definition) is 3. The number of benzene rings is 1. The highest BCUT2D eigenvalue weighted by molar-refractivity contribution is 5.66. The monoisotopic (exact) mass is 191 g/mol. The third kappa shape index (κ3) is 1.77. The summed E-state index contributed by atoms with van der Waals surface area (Å²) in [5.41, 5.74) is 2.34. The second kappa shape index (κ2) is 3.80. The SMILES string of the molecule is CC(=O)OC1NCCc2ccccc21. The van der Waals surface area contributed by atoms with Gasteiger partial charge in [0.05, 0.1) is 0 Å². The van der Waals surface area contributed by atoms with E-state index in [4.69, 9.17) is 4.74 Å². The van der Waals surface area contributed by atoms with Crippen LogP contribution in [0.25, 0.3) is 0 Å². The molecule has 0 bridgehead atoms. The standard InChI is InChI=1S/C11H13NO2/c1-8(13)14-11-10-5-3-2-4-9(10)6-7-12-11/h2-5,11-12H,6-7H2,1H3. The van der Waals surface area contributed by atoms with Gasteiger partial charge in [-0.3, -0.25) is 10.1 Å². The van der Waals surface area contributed by atoms with E-state index in [1.165, 1.54) is 12.5 Å². The van der Waals surface area contributed by atoms with Gasteiger partial charge in [-0.1, -0.05) is 24.3 Å². The average molecular weight is 191 g/mol. The van der Waals surface area contributed by atoms with Crippen LogP contribution in [-0.4, -0.2) is 12.5 Å². The molecule has 1 aliphatic heterocycles. The van der Waals surface area contributed by atoms with Gasteiger partial charge in [0.2, 0.25) is 0 Å². The van der Waals surface area contributed by atoms with Crippen LogP contribution in [0.2, 0.25) is 0 Å². The molecule has 0 saturated heterocycles. The lowest BCUT2D eigenvalue weighted by atomic mass is 10.00. The molecule has 0 spiro atoms. The first-order valence-electron chi connectivity index (χ1n) is 4.76. The minimum atomic E-state index is -0.266. The molecule has 2 rings (SSSR count). The van der Waals surface area contributed by atoms with E-state index in [9.17, 15) is 4.79 Å². The molecule has 1 unspecified atom stereocenters. The molecule has 1 aromatic rings. The predicted octanol–water partition coefficient (Wildman–Crippen LogP) is 1.39. The van der Waals surface area contributed by atoms with Crippen molar-refractivity contribution >= 4 is 5.97 Å². The van der Waals surface area contributed by atoms with Crippen molar-refractivity contribution in [2.24, 2.45) is 0 Å². The van der Waals surface area contributed by atoms with Crippen LogP contribution in [0.3, 0.4) is 0 Å². The fraction of sp³-hybridized carbons (Fsp3) is 0.364. The van der Waals surface area contributed by atoms with Gasteiger partial charge in [0, 0.05) is 19.0 Å². The van der Waals surface area contributed by atoms with Crippen LogP contribution in [0.1, 0.15) is 24.3 Å². The lowest BCUT2D eigenvalue weighted by Crippen LogP contribution is -2.32. The molecule has 0 radical (unpaired) electrons. The van der Waals surface area contributed by atoms with E-state index in [1.807, 2.05) is 18.2 Å². The molecule has 0 fully saturated rings. The molecular formula is C11H13NO2. The van der Waals surface area contributed by atoms with E-state index in [-0.39, 0.29) is 12.2 Å². The number of carbonyl (C=O) groups is 1. The Hall–Kier alpha value is -1.35. The Morgan fingerprint density at radius 2 is 2.29 bits per heavy atom. The van der Waals surface area contributed by atoms with Crippen LogP contribution >= 0.6 is 0 Å². The quantitative estimate of drug-likeness (QED) is 0.682. The van der Waals surface area contributed by atoms with Crippen LogP contribution in [0, 0.1) is 0 Å². The number of nitrogens with one attached hydrogen (secondary N) is 1. The summed E-state index contributed by atoms with van der Waals surface area (Å²) in [5, 5.41) is 3.16. The molecule has 14 heavy (non-hydrogen) atoms. The number of ether oxygens (including phenoxy) is 1. The molecule has 1 heterocycles. The number of hydrogen-bond donors (Lipinski definition) is 1. The first kappa shape index (κ1) is 9.21. The summed E-state index contributed by atoms with van der Waals surface area (Å²) in [7, 11) is 0. The maximum Gasteiger partial charge on any atom is 0.304 e. The van der Waals surface area contributed by atoms with Crippen molar-refractivity contribution in [2.45, 2.75) is 19.6 Å². The maximum atomic E-state index is 10.9. The zero-order valence-electron chi connectivity index (χ0n) is 8.12. The molecule has 1 aliphatic rings. The molecule has 1 aromatic carbocycles. The summed E-state index contributed by atoms with van der Waals surface area (Å²) in [6.07, 6.45) is 0.728. The third-order valence-corrected chi connectivity index (χ3v) is 2.35. The van der Waals surface area contributed by atoms with Gasteiger partial charge in [-0.05, 0) is 12.0 Å². The summed E-state index contributed by atoms with van der Waals surface area (Å²) in [6.45, 7) is 2.29. The van der Waals surface area contributed by atoms with Gasteiger partial charge in [-0.25, -0.2) is 0 Å². The zero-order chi connectivity index (χ0) is 9.97. The Morgan fingerprint density at radius 1 is 1.50 bits per heavy atom. The van der Waals surface area contributed by atoms with Gasteiger partial charge in [0.1, 0.15) is 0 Å². The van der Waals surface area contributed by atoms with Gasteiger partial charge in [0.15, 0.2) is 6.23 Å². The summed E-state index contributed by atoms with van der Waals surface area (Å²) in [4.78, 5) is 10.9. The Labute approximate surface area is 83.1 Å². The summed E-state index contributed by atoms with van der Waals surface area (Å²) >= 11 is 0. The molecule has 0 aliphatic carbocycles. The minimum Gasteiger partial charge on any atom is -0.442 e. The second-order valence-corrected chi connectivity index (χ2v) is 3.39. The molecular weight excluding hydrogens is 178 g/mol. The van der Waals surface area contributed by atoms with E-state index in [2.05, 4.69) is 11.4 Å². The Balaban J connectivity index is 2.26. The van der Waals surface area contributed by atoms with Crippen molar-refractivity contribution in [1.82, 2.24) is 5.32 Å². The number of esters is 1. The van der Waals surface area contributed by atoms with Crippen LogP contribution in [-0.2, 0) is 16.0 Å². The lowest BCUT2D eigenvalue weighted by molar-refractivity contribution is -0.148. The van der Waals surface area contributed by atoms with E-state index in [1.54, 1.807) is 0 Å². The van der Waals surface area contributed by atoms with Gasteiger partial charge < -0.3 is 4.74 Å². The fourth-order valence-corrected chi connectivity index (χ4v) is 1.74. The highest BCUT2D eigenvalue weighted by atomic mass is 16.6. The molecule has 0 aromatic heterocycles.